The quantitative estimate of drug-likeness (QED) is 0.462. The maximum Gasteiger partial charge on any atom is 0.321 e. The summed E-state index contributed by atoms with van der Waals surface area (Å²) in [5.74, 6) is 0.722. The lowest BCUT2D eigenvalue weighted by atomic mass is 10.1. The molecular weight excluding hydrogens is 379 g/mol. The minimum Gasteiger partial charge on any atom is -0.496 e. The van der Waals surface area contributed by atoms with E-state index in [1.54, 1.807) is 25.3 Å². The third-order valence-corrected chi connectivity index (χ3v) is 5.01. The molecule has 156 valence electrons. The second-order valence-corrected chi connectivity index (χ2v) is 7.12. The first-order valence-electron chi connectivity index (χ1n) is 9.63. The molecule has 1 fully saturated rings. The van der Waals surface area contributed by atoms with E-state index in [1.807, 2.05) is 0 Å². The van der Waals surface area contributed by atoms with Crippen LogP contribution in [0.15, 0.2) is 41.0 Å². The lowest BCUT2D eigenvalue weighted by molar-refractivity contribution is -1.02. The maximum atomic E-state index is 13.5. The van der Waals surface area contributed by atoms with E-state index in [-0.39, 0.29) is 24.8 Å². The molecule has 0 aliphatic carbocycles. The number of piperazine rings is 1. The van der Waals surface area contributed by atoms with Crippen LogP contribution in [0.1, 0.15) is 11.3 Å². The van der Waals surface area contributed by atoms with Crippen LogP contribution in [0, 0.1) is 5.82 Å². The molecule has 0 radical (unpaired) electrons. The molecule has 9 heteroatoms. The van der Waals surface area contributed by atoms with Gasteiger partial charge in [-0.1, -0.05) is 0 Å². The van der Waals surface area contributed by atoms with Crippen molar-refractivity contribution in [3.05, 3.63) is 53.7 Å². The lowest BCUT2D eigenvalue weighted by Gasteiger charge is -2.29. The van der Waals surface area contributed by atoms with Crippen molar-refractivity contribution in [3.8, 4) is 5.75 Å². The molecule has 0 atom stereocenters. The summed E-state index contributed by atoms with van der Waals surface area (Å²) in [6.45, 7) is 4.45. The predicted molar refractivity (Wildman–Crippen MR) is 102 cm³/mol. The third-order valence-electron chi connectivity index (χ3n) is 5.01. The smallest absolute Gasteiger partial charge is 0.321 e. The van der Waals surface area contributed by atoms with Crippen LogP contribution in [-0.4, -0.2) is 51.8 Å². The Kier molecular flexibility index (Phi) is 7.20. The summed E-state index contributed by atoms with van der Waals surface area (Å²) in [5.41, 5.74) is 0.844. The fourth-order valence-electron chi connectivity index (χ4n) is 3.49. The van der Waals surface area contributed by atoms with Gasteiger partial charge in [0.25, 0.3) is 5.91 Å². The number of nitrogens with one attached hydrogen (secondary N) is 4. The molecule has 0 unspecified atom stereocenters. The number of methoxy groups -OCH3 is 1. The molecule has 1 saturated heterocycles. The van der Waals surface area contributed by atoms with Crippen LogP contribution in [0.3, 0.4) is 0 Å². The van der Waals surface area contributed by atoms with E-state index in [1.165, 1.54) is 23.3 Å². The Labute approximate surface area is 168 Å². The summed E-state index contributed by atoms with van der Waals surface area (Å²) in [6.07, 6.45) is 1.52. The van der Waals surface area contributed by atoms with Crippen molar-refractivity contribution in [1.29, 1.82) is 0 Å². The zero-order valence-electron chi connectivity index (χ0n) is 16.4. The average Bonchev–Trinajstić information content (AvgIpc) is 3.22. The zero-order chi connectivity index (χ0) is 20.6. The van der Waals surface area contributed by atoms with Crippen LogP contribution in [0.2, 0.25) is 0 Å². The fraction of sp³-hybridized carbons (Fsp3) is 0.400. The standard InChI is InChI=1S/C20H25FN4O4/c1-28-18-5-4-16(21)11-15(18)13-24-6-8-25(9-7-24)14-19(26)23-20(27)22-12-17-3-2-10-29-17/h2-5,10-11H,6-9,12-14H2,1H3,(H2,22,23,26,27)/p+2. The van der Waals surface area contributed by atoms with Crippen LogP contribution in [0.25, 0.3) is 0 Å². The maximum absolute atomic E-state index is 13.5. The monoisotopic (exact) mass is 406 g/mol. The highest BCUT2D eigenvalue weighted by Gasteiger charge is 2.26. The molecule has 29 heavy (non-hydrogen) atoms. The number of imide groups is 1. The Morgan fingerprint density at radius 1 is 1.17 bits per heavy atom. The Morgan fingerprint density at radius 2 is 1.93 bits per heavy atom. The molecule has 1 aliphatic heterocycles. The lowest BCUT2D eigenvalue weighted by Crippen LogP contribution is -3.28. The summed E-state index contributed by atoms with van der Waals surface area (Å²) < 4.78 is 24.0. The van der Waals surface area contributed by atoms with Gasteiger partial charge < -0.3 is 24.3 Å². The van der Waals surface area contributed by atoms with Crippen LogP contribution in [0.5, 0.6) is 5.75 Å². The molecule has 0 saturated carbocycles. The van der Waals surface area contributed by atoms with Gasteiger partial charge in [-0.25, -0.2) is 9.18 Å². The number of urea groups is 1. The minimum atomic E-state index is -0.534. The van der Waals surface area contributed by atoms with E-state index in [9.17, 15) is 14.0 Å². The van der Waals surface area contributed by atoms with E-state index in [2.05, 4.69) is 10.6 Å². The minimum absolute atomic E-state index is 0.227. The highest BCUT2D eigenvalue weighted by Crippen LogP contribution is 2.18. The molecule has 0 spiro atoms. The van der Waals surface area contributed by atoms with Gasteiger partial charge in [0.15, 0.2) is 6.54 Å². The van der Waals surface area contributed by atoms with Crippen molar-refractivity contribution < 1.29 is 32.9 Å². The summed E-state index contributed by atoms with van der Waals surface area (Å²) in [5, 5.41) is 4.93. The van der Waals surface area contributed by atoms with Crippen molar-refractivity contribution in [2.45, 2.75) is 13.1 Å². The molecule has 1 aromatic carbocycles. The second-order valence-electron chi connectivity index (χ2n) is 7.12. The Hall–Kier alpha value is -2.91. The van der Waals surface area contributed by atoms with E-state index in [0.717, 1.165) is 36.6 Å². The molecule has 0 bridgehead atoms. The van der Waals surface area contributed by atoms with Gasteiger partial charge in [0.05, 0.1) is 25.5 Å². The fourth-order valence-corrected chi connectivity index (χ4v) is 3.49. The number of furan rings is 1. The summed E-state index contributed by atoms with van der Waals surface area (Å²) in [4.78, 5) is 26.3. The number of ether oxygens (including phenoxy) is 1. The Morgan fingerprint density at radius 3 is 2.62 bits per heavy atom. The highest BCUT2D eigenvalue weighted by molar-refractivity contribution is 5.94. The molecule has 8 nitrogen and oxygen atoms in total. The van der Waals surface area contributed by atoms with Gasteiger partial charge in [-0.3, -0.25) is 10.1 Å². The molecule has 2 aromatic rings. The van der Waals surface area contributed by atoms with Gasteiger partial charge in [0, 0.05) is 0 Å². The number of benzene rings is 1. The Balaban J connectivity index is 1.38. The zero-order valence-corrected chi connectivity index (χ0v) is 16.4. The number of quaternary nitrogens is 2. The van der Waals surface area contributed by atoms with Gasteiger partial charge in [0.2, 0.25) is 0 Å². The Bertz CT molecular complexity index is 820. The molecular formula is C20H27FN4O4+2. The van der Waals surface area contributed by atoms with E-state index in [0.29, 0.717) is 18.1 Å². The van der Waals surface area contributed by atoms with Crippen LogP contribution in [-0.2, 0) is 17.9 Å². The predicted octanol–water partition coefficient (Wildman–Crippen LogP) is -1.26. The SMILES string of the molecule is COc1ccc(F)cc1C[NH+]1CC[NH+](CC(=O)NC(=O)NCc2ccco2)CC1. The van der Waals surface area contributed by atoms with Gasteiger partial charge in [0.1, 0.15) is 50.1 Å². The first-order chi connectivity index (χ1) is 14.0. The third kappa shape index (κ3) is 6.30. The molecule has 3 amide bonds. The van der Waals surface area contributed by atoms with Gasteiger partial charge in [-0.2, -0.15) is 0 Å². The van der Waals surface area contributed by atoms with E-state index in [4.69, 9.17) is 9.15 Å². The van der Waals surface area contributed by atoms with Gasteiger partial charge >= 0.3 is 6.03 Å². The van der Waals surface area contributed by atoms with E-state index >= 15 is 0 Å². The number of hydrogen-bond donors (Lipinski definition) is 4. The van der Waals surface area contributed by atoms with Crippen molar-refractivity contribution in [3.63, 3.8) is 0 Å². The summed E-state index contributed by atoms with van der Waals surface area (Å²) in [6, 6.07) is 7.49. The number of amides is 3. The number of hydrogen-bond acceptors (Lipinski definition) is 4. The molecule has 2 heterocycles. The van der Waals surface area contributed by atoms with Crippen LogP contribution in [0.4, 0.5) is 9.18 Å². The highest BCUT2D eigenvalue weighted by atomic mass is 19.1. The van der Waals surface area contributed by atoms with Crippen molar-refractivity contribution in [2.24, 2.45) is 0 Å². The van der Waals surface area contributed by atoms with Crippen LogP contribution >= 0.6 is 0 Å². The first-order valence-corrected chi connectivity index (χ1v) is 9.63. The van der Waals surface area contributed by atoms with Gasteiger partial charge in [-0.05, 0) is 30.3 Å². The number of carbonyl (C=O) groups is 2. The van der Waals surface area contributed by atoms with Crippen LogP contribution < -0.4 is 25.2 Å². The molecule has 4 N–H and O–H groups in total. The molecule has 3 rings (SSSR count). The van der Waals surface area contributed by atoms with Gasteiger partial charge in [-0.15, -0.1) is 0 Å². The first kappa shape index (κ1) is 20.8. The second kappa shape index (κ2) is 10.0. The van der Waals surface area contributed by atoms with Crippen molar-refractivity contribution >= 4 is 11.9 Å². The summed E-state index contributed by atoms with van der Waals surface area (Å²) >= 11 is 0. The number of rotatable bonds is 7. The number of carbonyl (C=O) groups excluding carboxylic acids is 2. The van der Waals surface area contributed by atoms with E-state index < -0.39 is 6.03 Å². The van der Waals surface area contributed by atoms with Crippen molar-refractivity contribution in [2.75, 3.05) is 39.8 Å². The average molecular weight is 406 g/mol. The molecule has 1 aliphatic rings. The number of halogens is 1. The normalized spacial score (nSPS) is 18.8. The largest absolute Gasteiger partial charge is 0.496 e. The summed E-state index contributed by atoms with van der Waals surface area (Å²) in [7, 11) is 1.58. The molecule has 1 aromatic heterocycles. The van der Waals surface area contributed by atoms with Crippen molar-refractivity contribution in [1.82, 2.24) is 10.6 Å². The topological polar surface area (TPSA) is 89.5 Å².